The summed E-state index contributed by atoms with van der Waals surface area (Å²) in [6.45, 7) is 4.53. The van der Waals surface area contributed by atoms with Crippen LogP contribution in [-0.4, -0.2) is 19.1 Å². The molecule has 17 heavy (non-hydrogen) atoms. The third kappa shape index (κ3) is 3.80. The molecule has 0 unspecified atom stereocenters. The molecule has 0 aliphatic carbocycles. The number of anilines is 1. The van der Waals surface area contributed by atoms with Gasteiger partial charge in [0.15, 0.2) is 0 Å². The predicted octanol–water partition coefficient (Wildman–Crippen LogP) is 2.23. The van der Waals surface area contributed by atoms with E-state index in [2.05, 4.69) is 11.4 Å². The van der Waals surface area contributed by atoms with E-state index in [4.69, 9.17) is 10.00 Å². The number of carbonyl (C=O) groups excluding carboxylic acids is 1. The van der Waals surface area contributed by atoms with E-state index in [0.717, 1.165) is 11.3 Å². The number of nitrogens with zero attached hydrogens (tertiary/aromatic N) is 1. The van der Waals surface area contributed by atoms with E-state index >= 15 is 0 Å². The molecule has 1 N–H and O–H groups in total. The maximum Gasteiger partial charge on any atom is 0.307 e. The first-order valence-corrected chi connectivity index (χ1v) is 5.58. The number of hydrogen-bond donors (Lipinski definition) is 1. The van der Waals surface area contributed by atoms with Gasteiger partial charge < -0.3 is 10.1 Å². The SMILES string of the molecule is CCOC(=O)CCNc1cccc(C)c1C#N. The summed E-state index contributed by atoms with van der Waals surface area (Å²) in [4.78, 5) is 11.1. The number of aryl methyl sites for hydroxylation is 1. The van der Waals surface area contributed by atoms with Crippen molar-refractivity contribution in [2.45, 2.75) is 20.3 Å². The highest BCUT2D eigenvalue weighted by molar-refractivity contribution is 5.70. The van der Waals surface area contributed by atoms with Crippen LogP contribution in [0.15, 0.2) is 18.2 Å². The Balaban J connectivity index is 2.56. The summed E-state index contributed by atoms with van der Waals surface area (Å²) in [5, 5.41) is 12.1. The number of carbonyl (C=O) groups is 1. The van der Waals surface area contributed by atoms with Crippen LogP contribution in [0.1, 0.15) is 24.5 Å². The summed E-state index contributed by atoms with van der Waals surface area (Å²) in [5.41, 5.74) is 2.31. The molecule has 0 aliphatic heterocycles. The van der Waals surface area contributed by atoms with Crippen molar-refractivity contribution in [3.05, 3.63) is 29.3 Å². The highest BCUT2D eigenvalue weighted by Crippen LogP contribution is 2.17. The van der Waals surface area contributed by atoms with E-state index in [9.17, 15) is 4.79 Å². The average Bonchev–Trinajstić information content (AvgIpc) is 2.29. The smallest absolute Gasteiger partial charge is 0.307 e. The number of esters is 1. The Kier molecular flexibility index (Phi) is 5.02. The molecule has 0 atom stereocenters. The molecule has 0 aromatic heterocycles. The first-order valence-electron chi connectivity index (χ1n) is 5.58. The maximum atomic E-state index is 11.1. The molecule has 0 radical (unpaired) electrons. The van der Waals surface area contributed by atoms with Crippen LogP contribution in [0, 0.1) is 18.3 Å². The fraction of sp³-hybridized carbons (Fsp3) is 0.385. The molecular formula is C13H16N2O2. The summed E-state index contributed by atoms with van der Waals surface area (Å²) in [6, 6.07) is 7.74. The van der Waals surface area contributed by atoms with Gasteiger partial charge >= 0.3 is 5.97 Å². The Morgan fingerprint density at radius 3 is 2.94 bits per heavy atom. The van der Waals surface area contributed by atoms with Crippen molar-refractivity contribution in [2.24, 2.45) is 0 Å². The van der Waals surface area contributed by atoms with Crippen LogP contribution in [0.5, 0.6) is 0 Å². The van der Waals surface area contributed by atoms with Gasteiger partial charge in [0, 0.05) is 6.54 Å². The van der Waals surface area contributed by atoms with Crippen molar-refractivity contribution in [3.8, 4) is 6.07 Å². The molecule has 0 saturated carbocycles. The number of nitriles is 1. The van der Waals surface area contributed by atoms with Gasteiger partial charge in [0.25, 0.3) is 0 Å². The third-order valence-electron chi connectivity index (χ3n) is 2.33. The molecule has 4 heteroatoms. The van der Waals surface area contributed by atoms with Crippen LogP contribution >= 0.6 is 0 Å². The molecule has 1 rings (SSSR count). The van der Waals surface area contributed by atoms with Crippen LogP contribution in [0.3, 0.4) is 0 Å². The summed E-state index contributed by atoms with van der Waals surface area (Å²) < 4.78 is 4.82. The van der Waals surface area contributed by atoms with Gasteiger partial charge in [-0.2, -0.15) is 5.26 Å². The lowest BCUT2D eigenvalue weighted by Crippen LogP contribution is -2.12. The van der Waals surface area contributed by atoms with Crippen LogP contribution in [-0.2, 0) is 9.53 Å². The summed E-state index contributed by atoms with van der Waals surface area (Å²) in [7, 11) is 0. The largest absolute Gasteiger partial charge is 0.466 e. The molecule has 0 bridgehead atoms. The van der Waals surface area contributed by atoms with E-state index in [1.54, 1.807) is 6.92 Å². The second kappa shape index (κ2) is 6.54. The third-order valence-corrected chi connectivity index (χ3v) is 2.33. The summed E-state index contributed by atoms with van der Waals surface area (Å²) >= 11 is 0. The van der Waals surface area contributed by atoms with Gasteiger partial charge in [-0.15, -0.1) is 0 Å². The highest BCUT2D eigenvalue weighted by Gasteiger charge is 2.05. The van der Waals surface area contributed by atoms with Crippen LogP contribution < -0.4 is 5.32 Å². The fourth-order valence-corrected chi connectivity index (χ4v) is 1.50. The molecule has 0 heterocycles. The minimum atomic E-state index is -0.230. The van der Waals surface area contributed by atoms with E-state index in [1.165, 1.54) is 0 Å². The Labute approximate surface area is 101 Å². The molecule has 1 aromatic rings. The van der Waals surface area contributed by atoms with Gasteiger partial charge in [0.1, 0.15) is 6.07 Å². The van der Waals surface area contributed by atoms with Gasteiger partial charge in [-0.25, -0.2) is 0 Å². The van der Waals surface area contributed by atoms with E-state index in [1.807, 2.05) is 25.1 Å². The zero-order valence-electron chi connectivity index (χ0n) is 10.1. The van der Waals surface area contributed by atoms with Crippen LogP contribution in [0.4, 0.5) is 5.69 Å². The second-order valence-corrected chi connectivity index (χ2v) is 3.59. The zero-order valence-corrected chi connectivity index (χ0v) is 10.1. The Morgan fingerprint density at radius 1 is 1.53 bits per heavy atom. The number of nitrogens with one attached hydrogen (secondary N) is 1. The van der Waals surface area contributed by atoms with Gasteiger partial charge in [0.2, 0.25) is 0 Å². The number of hydrogen-bond acceptors (Lipinski definition) is 4. The van der Waals surface area contributed by atoms with Crippen LogP contribution in [0.25, 0.3) is 0 Å². The monoisotopic (exact) mass is 232 g/mol. The maximum absolute atomic E-state index is 11.1. The standard InChI is InChI=1S/C13H16N2O2/c1-3-17-13(16)7-8-15-12-6-4-5-10(2)11(12)9-14/h4-6,15H,3,7-8H2,1-2H3. The first kappa shape index (κ1) is 13.0. The lowest BCUT2D eigenvalue weighted by atomic mass is 10.1. The minimum absolute atomic E-state index is 0.230. The lowest BCUT2D eigenvalue weighted by Gasteiger charge is -2.09. The molecular weight excluding hydrogens is 216 g/mol. The molecule has 4 nitrogen and oxygen atoms in total. The molecule has 0 amide bonds. The zero-order chi connectivity index (χ0) is 12.7. The topological polar surface area (TPSA) is 62.1 Å². The van der Waals surface area contributed by atoms with E-state index in [-0.39, 0.29) is 5.97 Å². The fourth-order valence-electron chi connectivity index (χ4n) is 1.50. The quantitative estimate of drug-likeness (QED) is 0.791. The van der Waals surface area contributed by atoms with Crippen molar-refractivity contribution in [3.63, 3.8) is 0 Å². The average molecular weight is 232 g/mol. The Morgan fingerprint density at radius 2 is 2.29 bits per heavy atom. The lowest BCUT2D eigenvalue weighted by molar-refractivity contribution is -0.142. The van der Waals surface area contributed by atoms with Gasteiger partial charge in [-0.05, 0) is 25.5 Å². The Bertz CT molecular complexity index is 436. The van der Waals surface area contributed by atoms with Gasteiger partial charge in [0.05, 0.1) is 24.3 Å². The van der Waals surface area contributed by atoms with Crippen molar-refractivity contribution in [2.75, 3.05) is 18.5 Å². The van der Waals surface area contributed by atoms with Crippen molar-refractivity contribution in [1.29, 1.82) is 5.26 Å². The number of rotatable bonds is 5. The highest BCUT2D eigenvalue weighted by atomic mass is 16.5. The summed E-state index contributed by atoms with van der Waals surface area (Å²) in [5.74, 6) is -0.230. The van der Waals surface area contributed by atoms with Gasteiger partial charge in [-0.3, -0.25) is 4.79 Å². The molecule has 0 saturated heterocycles. The molecule has 0 spiro atoms. The second-order valence-electron chi connectivity index (χ2n) is 3.59. The van der Waals surface area contributed by atoms with Crippen LogP contribution in [0.2, 0.25) is 0 Å². The van der Waals surface area contributed by atoms with Crippen molar-refractivity contribution >= 4 is 11.7 Å². The molecule has 1 aromatic carbocycles. The number of benzene rings is 1. The van der Waals surface area contributed by atoms with E-state index in [0.29, 0.717) is 25.1 Å². The first-order chi connectivity index (χ1) is 8.19. The van der Waals surface area contributed by atoms with Crippen molar-refractivity contribution < 1.29 is 9.53 Å². The van der Waals surface area contributed by atoms with Gasteiger partial charge in [-0.1, -0.05) is 12.1 Å². The molecule has 0 aliphatic rings. The van der Waals surface area contributed by atoms with Crippen molar-refractivity contribution in [1.82, 2.24) is 0 Å². The van der Waals surface area contributed by atoms with E-state index < -0.39 is 0 Å². The number of ether oxygens (including phenoxy) is 1. The predicted molar refractivity (Wildman–Crippen MR) is 65.6 cm³/mol. The summed E-state index contributed by atoms with van der Waals surface area (Å²) in [6.07, 6.45) is 0.298. The molecule has 90 valence electrons. The Hall–Kier alpha value is -2.02. The minimum Gasteiger partial charge on any atom is -0.466 e. The molecule has 0 fully saturated rings. The normalized spacial score (nSPS) is 9.47.